The summed E-state index contributed by atoms with van der Waals surface area (Å²) in [4.78, 5) is 16.6. The van der Waals surface area contributed by atoms with Crippen LogP contribution in [-0.4, -0.2) is 54.0 Å². The number of aromatic hydroxyl groups is 1. The molecule has 116 valence electrons. The maximum atomic E-state index is 12.4. The van der Waals surface area contributed by atoms with Gasteiger partial charge in [-0.2, -0.15) is 0 Å². The summed E-state index contributed by atoms with van der Waals surface area (Å²) in [7, 11) is 4.00. The quantitative estimate of drug-likeness (QED) is 0.906. The molecule has 0 radical (unpaired) electrons. The van der Waals surface area contributed by atoms with Crippen LogP contribution in [0.15, 0.2) is 18.2 Å². The normalized spacial score (nSPS) is 15.6. The van der Waals surface area contributed by atoms with E-state index in [0.29, 0.717) is 11.6 Å². The fraction of sp³-hybridized carbons (Fsp3) is 0.588. The summed E-state index contributed by atoms with van der Waals surface area (Å²) in [5.74, 6) is 0.222. The van der Waals surface area contributed by atoms with Crippen LogP contribution in [0.3, 0.4) is 0 Å². The molecule has 4 heteroatoms. The van der Waals surface area contributed by atoms with Crippen molar-refractivity contribution in [2.24, 2.45) is 0 Å². The van der Waals surface area contributed by atoms with Gasteiger partial charge in [-0.3, -0.25) is 4.79 Å². The third kappa shape index (κ3) is 3.97. The molecular weight excluding hydrogens is 264 g/mol. The molecule has 1 aliphatic carbocycles. The molecule has 1 aromatic carbocycles. The Morgan fingerprint density at radius 1 is 1.24 bits per heavy atom. The average Bonchev–Trinajstić information content (AvgIpc) is 2.98. The number of carbonyl (C=O) groups is 1. The van der Waals surface area contributed by atoms with Crippen molar-refractivity contribution in [2.45, 2.75) is 38.6 Å². The second-order valence-electron chi connectivity index (χ2n) is 6.14. The molecule has 0 bridgehead atoms. The van der Waals surface area contributed by atoms with Gasteiger partial charge in [-0.25, -0.2) is 0 Å². The number of phenols is 1. The van der Waals surface area contributed by atoms with E-state index in [0.717, 1.165) is 18.7 Å². The Balaban J connectivity index is 1.90. The first-order chi connectivity index (χ1) is 9.99. The lowest BCUT2D eigenvalue weighted by atomic mass is 10.1. The zero-order valence-corrected chi connectivity index (χ0v) is 13.3. The lowest BCUT2D eigenvalue weighted by Gasteiger charge is -2.27. The summed E-state index contributed by atoms with van der Waals surface area (Å²) in [5, 5.41) is 9.42. The number of carbonyl (C=O) groups excluding carboxylic acids is 1. The Labute approximate surface area is 127 Å². The summed E-state index contributed by atoms with van der Waals surface area (Å²) in [6.45, 7) is 3.49. The summed E-state index contributed by atoms with van der Waals surface area (Å²) in [6.07, 6.45) is 5.23. The third-order valence-electron chi connectivity index (χ3n) is 4.52. The number of benzene rings is 1. The molecule has 21 heavy (non-hydrogen) atoms. The fourth-order valence-electron chi connectivity index (χ4n) is 3.03. The first-order valence-corrected chi connectivity index (χ1v) is 7.74. The predicted molar refractivity (Wildman–Crippen MR) is 84.7 cm³/mol. The van der Waals surface area contributed by atoms with Gasteiger partial charge in [0.2, 0.25) is 0 Å². The highest BCUT2D eigenvalue weighted by Gasteiger charge is 2.20. The van der Waals surface area contributed by atoms with Crippen LogP contribution >= 0.6 is 0 Å². The second kappa shape index (κ2) is 6.94. The van der Waals surface area contributed by atoms with Crippen molar-refractivity contribution < 1.29 is 9.90 Å². The lowest BCUT2D eigenvalue weighted by molar-refractivity contribution is 0.0774. The number of amides is 1. The molecule has 1 fully saturated rings. The maximum absolute atomic E-state index is 12.4. The van der Waals surface area contributed by atoms with Crippen molar-refractivity contribution in [1.82, 2.24) is 9.80 Å². The largest absolute Gasteiger partial charge is 0.508 e. The standard InChI is InChI=1S/C17H26N2O2/c1-13-12-15(20)8-9-16(13)17(21)19(3)11-10-18(2)14-6-4-5-7-14/h8-9,12,14,20H,4-7,10-11H2,1-3H3. The van der Waals surface area contributed by atoms with Crippen molar-refractivity contribution in [3.63, 3.8) is 0 Å². The molecule has 1 aliphatic rings. The minimum atomic E-state index is 0.0207. The Hall–Kier alpha value is -1.55. The van der Waals surface area contributed by atoms with Gasteiger partial charge < -0.3 is 14.9 Å². The topological polar surface area (TPSA) is 43.8 Å². The smallest absolute Gasteiger partial charge is 0.253 e. The number of nitrogens with zero attached hydrogens (tertiary/aromatic N) is 2. The Kier molecular flexibility index (Phi) is 5.23. The number of hydrogen-bond acceptors (Lipinski definition) is 3. The minimum absolute atomic E-state index is 0.0207. The Bertz CT molecular complexity index is 496. The number of phenolic OH excluding ortho intramolecular Hbond substituents is 1. The summed E-state index contributed by atoms with van der Waals surface area (Å²) in [5.41, 5.74) is 1.48. The molecule has 1 aromatic rings. The molecule has 1 saturated carbocycles. The van der Waals surface area contributed by atoms with E-state index in [9.17, 15) is 9.90 Å². The molecule has 0 unspecified atom stereocenters. The van der Waals surface area contributed by atoms with Crippen molar-refractivity contribution in [3.05, 3.63) is 29.3 Å². The fourth-order valence-corrected chi connectivity index (χ4v) is 3.03. The lowest BCUT2D eigenvalue weighted by Crippen LogP contribution is -2.38. The van der Waals surface area contributed by atoms with Crippen LogP contribution in [0, 0.1) is 6.92 Å². The van der Waals surface area contributed by atoms with Crippen molar-refractivity contribution in [2.75, 3.05) is 27.2 Å². The molecule has 0 spiro atoms. The van der Waals surface area contributed by atoms with Crippen molar-refractivity contribution in [1.29, 1.82) is 0 Å². The molecular formula is C17H26N2O2. The molecule has 2 rings (SSSR count). The van der Waals surface area contributed by atoms with Gasteiger partial charge in [0.15, 0.2) is 0 Å². The second-order valence-corrected chi connectivity index (χ2v) is 6.14. The van der Waals surface area contributed by atoms with Crippen LogP contribution in [0.4, 0.5) is 0 Å². The van der Waals surface area contributed by atoms with Crippen LogP contribution < -0.4 is 0 Å². The van der Waals surface area contributed by atoms with Gasteiger partial charge in [0.05, 0.1) is 0 Å². The van der Waals surface area contributed by atoms with Gasteiger partial charge in [0, 0.05) is 31.7 Å². The summed E-state index contributed by atoms with van der Waals surface area (Å²) < 4.78 is 0. The van der Waals surface area contributed by atoms with E-state index in [2.05, 4.69) is 11.9 Å². The zero-order chi connectivity index (χ0) is 15.4. The highest BCUT2D eigenvalue weighted by molar-refractivity contribution is 5.95. The van der Waals surface area contributed by atoms with Crippen LogP contribution in [-0.2, 0) is 0 Å². The molecule has 1 amide bonds. The monoisotopic (exact) mass is 290 g/mol. The van der Waals surface area contributed by atoms with Gasteiger partial charge >= 0.3 is 0 Å². The number of rotatable bonds is 5. The number of likely N-dealkylation sites (N-methyl/N-ethyl adjacent to an activating group) is 2. The van der Waals surface area contributed by atoms with Gasteiger partial charge in [-0.15, -0.1) is 0 Å². The third-order valence-corrected chi connectivity index (χ3v) is 4.52. The SMILES string of the molecule is Cc1cc(O)ccc1C(=O)N(C)CCN(C)C1CCCC1. The molecule has 0 heterocycles. The molecule has 0 aromatic heterocycles. The zero-order valence-electron chi connectivity index (χ0n) is 13.3. The van der Waals surface area contributed by atoms with E-state index in [1.165, 1.54) is 25.7 Å². The molecule has 0 saturated heterocycles. The first-order valence-electron chi connectivity index (χ1n) is 7.74. The van der Waals surface area contributed by atoms with Crippen LogP contribution in [0.25, 0.3) is 0 Å². The minimum Gasteiger partial charge on any atom is -0.508 e. The Morgan fingerprint density at radius 2 is 1.90 bits per heavy atom. The molecule has 4 nitrogen and oxygen atoms in total. The summed E-state index contributed by atoms with van der Waals surface area (Å²) in [6, 6.07) is 5.58. The highest BCUT2D eigenvalue weighted by atomic mass is 16.3. The van der Waals surface area contributed by atoms with Gasteiger partial charge in [0.1, 0.15) is 5.75 Å². The average molecular weight is 290 g/mol. The van der Waals surface area contributed by atoms with E-state index in [1.54, 1.807) is 23.1 Å². The molecule has 0 atom stereocenters. The maximum Gasteiger partial charge on any atom is 0.253 e. The van der Waals surface area contributed by atoms with E-state index in [-0.39, 0.29) is 11.7 Å². The van der Waals surface area contributed by atoms with Gasteiger partial charge in [-0.05, 0) is 50.6 Å². The van der Waals surface area contributed by atoms with E-state index in [4.69, 9.17) is 0 Å². The van der Waals surface area contributed by atoms with Crippen molar-refractivity contribution >= 4 is 5.91 Å². The van der Waals surface area contributed by atoms with Crippen LogP contribution in [0.2, 0.25) is 0 Å². The van der Waals surface area contributed by atoms with Crippen LogP contribution in [0.1, 0.15) is 41.6 Å². The number of hydrogen-bond donors (Lipinski definition) is 1. The molecule has 1 N–H and O–H groups in total. The van der Waals surface area contributed by atoms with E-state index < -0.39 is 0 Å². The van der Waals surface area contributed by atoms with E-state index >= 15 is 0 Å². The van der Waals surface area contributed by atoms with Crippen molar-refractivity contribution in [3.8, 4) is 5.75 Å². The number of aryl methyl sites for hydroxylation is 1. The first kappa shape index (κ1) is 15.8. The van der Waals surface area contributed by atoms with Gasteiger partial charge in [0.25, 0.3) is 5.91 Å². The molecule has 0 aliphatic heterocycles. The van der Waals surface area contributed by atoms with Crippen LogP contribution in [0.5, 0.6) is 5.75 Å². The summed E-state index contributed by atoms with van der Waals surface area (Å²) >= 11 is 0. The highest BCUT2D eigenvalue weighted by Crippen LogP contribution is 2.22. The Morgan fingerprint density at radius 3 is 2.52 bits per heavy atom. The van der Waals surface area contributed by atoms with Gasteiger partial charge in [-0.1, -0.05) is 12.8 Å². The predicted octanol–water partition coefficient (Wildman–Crippen LogP) is 2.65. The van der Waals surface area contributed by atoms with E-state index in [1.807, 2.05) is 14.0 Å².